The minimum atomic E-state index is -0.689. The lowest BCUT2D eigenvalue weighted by molar-refractivity contribution is -0.118. The normalized spacial score (nSPS) is 13.1. The second kappa shape index (κ2) is 5.18. The topological polar surface area (TPSA) is 55.4 Å². The van der Waals surface area contributed by atoms with Gasteiger partial charge in [-0.2, -0.15) is 0 Å². The molecule has 0 saturated heterocycles. The van der Waals surface area contributed by atoms with Crippen LogP contribution in [0.2, 0.25) is 5.02 Å². The highest BCUT2D eigenvalue weighted by molar-refractivity contribution is 6.35. The van der Waals surface area contributed by atoms with Gasteiger partial charge in [0.2, 0.25) is 0 Å². The van der Waals surface area contributed by atoms with Crippen LogP contribution in [0.25, 0.3) is 0 Å². The number of rotatable bonds is 2. The van der Waals surface area contributed by atoms with E-state index >= 15 is 0 Å². The molecule has 1 heterocycles. The van der Waals surface area contributed by atoms with E-state index in [-0.39, 0.29) is 28.7 Å². The highest BCUT2D eigenvalue weighted by Crippen LogP contribution is 2.30. The van der Waals surface area contributed by atoms with Gasteiger partial charge >= 0.3 is 0 Å². The average Bonchev–Trinajstić information content (AvgIpc) is 2.46. The SMILES string of the molecule is O=C1COc2ccc(C(=O)c3c(F)cccc3Cl)cc2N1. The van der Waals surface area contributed by atoms with Crippen molar-refractivity contribution in [3.8, 4) is 5.75 Å². The summed E-state index contributed by atoms with van der Waals surface area (Å²) in [7, 11) is 0. The summed E-state index contributed by atoms with van der Waals surface area (Å²) in [5.41, 5.74) is 0.401. The van der Waals surface area contributed by atoms with Crippen LogP contribution in [-0.4, -0.2) is 18.3 Å². The fraction of sp³-hybridized carbons (Fsp3) is 0.0667. The van der Waals surface area contributed by atoms with Crippen molar-refractivity contribution in [3.63, 3.8) is 0 Å². The van der Waals surface area contributed by atoms with Gasteiger partial charge in [-0.1, -0.05) is 17.7 Å². The number of benzene rings is 2. The fourth-order valence-electron chi connectivity index (χ4n) is 2.08. The Morgan fingerprint density at radius 3 is 2.86 bits per heavy atom. The average molecular weight is 306 g/mol. The van der Waals surface area contributed by atoms with Crippen LogP contribution in [0.1, 0.15) is 15.9 Å². The molecule has 2 aromatic carbocycles. The smallest absolute Gasteiger partial charge is 0.262 e. The van der Waals surface area contributed by atoms with E-state index in [1.165, 1.54) is 30.3 Å². The molecule has 106 valence electrons. The lowest BCUT2D eigenvalue weighted by Crippen LogP contribution is -2.25. The summed E-state index contributed by atoms with van der Waals surface area (Å²) in [5, 5.41) is 2.63. The number of anilines is 1. The van der Waals surface area contributed by atoms with Crippen LogP contribution in [0.3, 0.4) is 0 Å². The van der Waals surface area contributed by atoms with E-state index < -0.39 is 11.6 Å². The van der Waals surface area contributed by atoms with Crippen molar-refractivity contribution in [1.82, 2.24) is 0 Å². The predicted molar refractivity (Wildman–Crippen MR) is 75.4 cm³/mol. The summed E-state index contributed by atoms with van der Waals surface area (Å²) < 4.78 is 19.0. The van der Waals surface area contributed by atoms with Crippen LogP contribution >= 0.6 is 11.6 Å². The van der Waals surface area contributed by atoms with Crippen molar-refractivity contribution in [2.75, 3.05) is 11.9 Å². The summed E-state index contributed by atoms with van der Waals surface area (Å²) in [5.74, 6) is -1.09. The molecule has 6 heteroatoms. The van der Waals surface area contributed by atoms with Crippen LogP contribution in [0.15, 0.2) is 36.4 Å². The molecule has 0 spiro atoms. The van der Waals surface area contributed by atoms with Gasteiger partial charge in [0.25, 0.3) is 5.91 Å². The monoisotopic (exact) mass is 305 g/mol. The van der Waals surface area contributed by atoms with Gasteiger partial charge in [-0.05, 0) is 30.3 Å². The third-order valence-corrected chi connectivity index (χ3v) is 3.38. The van der Waals surface area contributed by atoms with E-state index in [0.29, 0.717) is 11.4 Å². The first-order valence-corrected chi connectivity index (χ1v) is 6.49. The Morgan fingerprint density at radius 1 is 1.29 bits per heavy atom. The Balaban J connectivity index is 2.03. The van der Waals surface area contributed by atoms with Crippen molar-refractivity contribution in [2.45, 2.75) is 0 Å². The molecule has 0 bridgehead atoms. The molecule has 1 amide bonds. The van der Waals surface area contributed by atoms with E-state index in [1.807, 2.05) is 0 Å². The zero-order valence-corrected chi connectivity index (χ0v) is 11.4. The van der Waals surface area contributed by atoms with E-state index in [4.69, 9.17) is 16.3 Å². The molecule has 21 heavy (non-hydrogen) atoms. The molecule has 0 unspecified atom stereocenters. The number of fused-ring (bicyclic) bond motifs is 1. The molecule has 0 aliphatic carbocycles. The molecule has 0 fully saturated rings. The van der Waals surface area contributed by atoms with E-state index in [9.17, 15) is 14.0 Å². The number of ketones is 1. The largest absolute Gasteiger partial charge is 0.482 e. The van der Waals surface area contributed by atoms with Crippen molar-refractivity contribution < 1.29 is 18.7 Å². The number of carbonyl (C=O) groups excluding carboxylic acids is 2. The number of nitrogens with one attached hydrogen (secondary N) is 1. The maximum absolute atomic E-state index is 13.8. The van der Waals surface area contributed by atoms with E-state index in [1.54, 1.807) is 6.07 Å². The summed E-state index contributed by atoms with van der Waals surface area (Å²) in [6, 6.07) is 8.54. The molecular weight excluding hydrogens is 297 g/mol. The van der Waals surface area contributed by atoms with Crippen molar-refractivity contribution in [1.29, 1.82) is 0 Å². The van der Waals surface area contributed by atoms with Gasteiger partial charge in [0.1, 0.15) is 11.6 Å². The third-order valence-electron chi connectivity index (χ3n) is 3.06. The minimum absolute atomic E-state index is 0.0398. The number of halogens is 2. The fourth-order valence-corrected chi connectivity index (χ4v) is 2.33. The Morgan fingerprint density at radius 2 is 2.10 bits per heavy atom. The molecule has 1 N–H and O–H groups in total. The first-order chi connectivity index (χ1) is 10.1. The molecule has 0 atom stereocenters. The lowest BCUT2D eigenvalue weighted by atomic mass is 10.0. The van der Waals surface area contributed by atoms with E-state index in [0.717, 1.165) is 0 Å². The van der Waals surface area contributed by atoms with Gasteiger partial charge < -0.3 is 10.1 Å². The molecular formula is C15H9ClFNO3. The van der Waals surface area contributed by atoms with Gasteiger partial charge in [0.05, 0.1) is 16.3 Å². The number of hydrogen-bond donors (Lipinski definition) is 1. The summed E-state index contributed by atoms with van der Waals surface area (Å²) >= 11 is 5.89. The molecule has 0 saturated carbocycles. The van der Waals surface area contributed by atoms with Crippen LogP contribution < -0.4 is 10.1 Å². The zero-order valence-electron chi connectivity index (χ0n) is 10.7. The second-order valence-electron chi connectivity index (χ2n) is 4.47. The summed E-state index contributed by atoms with van der Waals surface area (Å²) in [6.45, 7) is -0.0700. The molecule has 3 rings (SSSR count). The van der Waals surface area contributed by atoms with Crippen molar-refractivity contribution in [2.24, 2.45) is 0 Å². The Labute approximate surface area is 124 Å². The summed E-state index contributed by atoms with van der Waals surface area (Å²) in [4.78, 5) is 23.7. The van der Waals surface area contributed by atoms with Crippen LogP contribution in [0.4, 0.5) is 10.1 Å². The number of ether oxygens (including phenoxy) is 1. The van der Waals surface area contributed by atoms with Crippen LogP contribution in [0, 0.1) is 5.82 Å². The molecule has 2 aromatic rings. The first-order valence-electron chi connectivity index (χ1n) is 6.11. The number of amides is 1. The molecule has 4 nitrogen and oxygen atoms in total. The lowest BCUT2D eigenvalue weighted by Gasteiger charge is -2.18. The second-order valence-corrected chi connectivity index (χ2v) is 4.88. The zero-order chi connectivity index (χ0) is 15.0. The highest BCUT2D eigenvalue weighted by atomic mass is 35.5. The Kier molecular flexibility index (Phi) is 3.35. The predicted octanol–water partition coefficient (Wildman–Crippen LogP) is 3.04. The first kappa shape index (κ1) is 13.6. The van der Waals surface area contributed by atoms with Crippen LogP contribution in [-0.2, 0) is 4.79 Å². The summed E-state index contributed by atoms with van der Waals surface area (Å²) in [6.07, 6.45) is 0. The highest BCUT2D eigenvalue weighted by Gasteiger charge is 2.21. The van der Waals surface area contributed by atoms with Gasteiger partial charge in [0, 0.05) is 5.56 Å². The molecule has 0 aromatic heterocycles. The Hall–Kier alpha value is -2.40. The molecule has 1 aliphatic rings. The molecule has 1 aliphatic heterocycles. The van der Waals surface area contributed by atoms with Gasteiger partial charge in [-0.25, -0.2) is 4.39 Å². The quantitative estimate of drug-likeness (QED) is 0.868. The standard InChI is InChI=1S/C15H9ClFNO3/c16-9-2-1-3-10(17)14(9)15(20)8-4-5-12-11(6-8)18-13(19)7-21-12/h1-6H,7H2,(H,18,19). The van der Waals surface area contributed by atoms with Gasteiger partial charge in [-0.15, -0.1) is 0 Å². The maximum atomic E-state index is 13.8. The van der Waals surface area contributed by atoms with Crippen LogP contribution in [0.5, 0.6) is 5.75 Å². The van der Waals surface area contributed by atoms with Crippen molar-refractivity contribution in [3.05, 3.63) is 58.4 Å². The Bertz CT molecular complexity index is 740. The van der Waals surface area contributed by atoms with Gasteiger partial charge in [0.15, 0.2) is 12.4 Å². The van der Waals surface area contributed by atoms with Crippen molar-refractivity contribution >= 4 is 29.0 Å². The molecule has 0 radical (unpaired) electrons. The number of carbonyl (C=O) groups is 2. The van der Waals surface area contributed by atoms with Gasteiger partial charge in [-0.3, -0.25) is 9.59 Å². The van der Waals surface area contributed by atoms with E-state index in [2.05, 4.69) is 5.32 Å². The number of hydrogen-bond acceptors (Lipinski definition) is 3. The minimum Gasteiger partial charge on any atom is -0.482 e. The maximum Gasteiger partial charge on any atom is 0.262 e. The third kappa shape index (κ3) is 2.48.